The third-order valence-corrected chi connectivity index (χ3v) is 5.22. The lowest BCUT2D eigenvalue weighted by molar-refractivity contribution is 0.627. The van der Waals surface area contributed by atoms with Crippen LogP contribution in [0, 0.1) is 17.0 Å². The van der Waals surface area contributed by atoms with Crippen LogP contribution < -0.4 is 0 Å². The second-order valence-corrected chi connectivity index (χ2v) is 6.91. The van der Waals surface area contributed by atoms with Crippen molar-refractivity contribution >= 4 is 5.71 Å². The fourth-order valence-corrected chi connectivity index (χ4v) is 3.76. The molecule has 0 heterocycles. The lowest BCUT2D eigenvalue weighted by Gasteiger charge is -2.06. The van der Waals surface area contributed by atoms with Crippen molar-refractivity contribution in [2.24, 2.45) is 0 Å². The van der Waals surface area contributed by atoms with Gasteiger partial charge >= 0.3 is 0 Å². The maximum absolute atomic E-state index is 13.2. The molecule has 0 amide bonds. The molecule has 0 bridgehead atoms. The van der Waals surface area contributed by atoms with Crippen LogP contribution in [0.4, 0.5) is 8.78 Å². The molecule has 0 unspecified atom stereocenters. The molecule has 4 aromatic rings. The lowest BCUT2D eigenvalue weighted by Crippen LogP contribution is -1.96. The molecule has 134 valence electrons. The van der Waals surface area contributed by atoms with Gasteiger partial charge in [-0.15, -0.1) is 0 Å². The minimum absolute atomic E-state index is 0.265. The first-order valence-electron chi connectivity index (χ1n) is 9.00. The molecule has 28 heavy (non-hydrogen) atoms. The number of nitrogens with one attached hydrogen (secondary N) is 1. The van der Waals surface area contributed by atoms with Gasteiger partial charge in [-0.1, -0.05) is 48.5 Å². The highest BCUT2D eigenvalue weighted by atomic mass is 19.1. The fourth-order valence-electron chi connectivity index (χ4n) is 3.76. The molecule has 0 saturated heterocycles. The topological polar surface area (TPSA) is 23.9 Å². The zero-order valence-corrected chi connectivity index (χ0v) is 14.8. The van der Waals surface area contributed by atoms with Crippen molar-refractivity contribution in [3.8, 4) is 33.4 Å². The van der Waals surface area contributed by atoms with Crippen molar-refractivity contribution in [2.75, 3.05) is 0 Å². The molecule has 0 atom stereocenters. The van der Waals surface area contributed by atoms with Crippen molar-refractivity contribution in [1.82, 2.24) is 0 Å². The van der Waals surface area contributed by atoms with Crippen LogP contribution in [-0.4, -0.2) is 5.71 Å². The van der Waals surface area contributed by atoms with E-state index >= 15 is 0 Å². The average molecular weight is 367 g/mol. The van der Waals surface area contributed by atoms with E-state index in [-0.39, 0.29) is 11.6 Å². The smallest absolute Gasteiger partial charge is 0.123 e. The largest absolute Gasteiger partial charge is 0.300 e. The zero-order valence-electron chi connectivity index (χ0n) is 14.8. The first kappa shape index (κ1) is 16.6. The summed E-state index contributed by atoms with van der Waals surface area (Å²) in [5.41, 5.74) is 8.00. The highest BCUT2D eigenvalue weighted by molar-refractivity contribution is 6.23. The fraction of sp³-hybridized carbons (Fsp3) is 0. The summed E-state index contributed by atoms with van der Waals surface area (Å²) in [7, 11) is 0. The lowest BCUT2D eigenvalue weighted by atomic mass is 9.98. The van der Waals surface area contributed by atoms with Crippen molar-refractivity contribution in [3.63, 3.8) is 0 Å². The Balaban J connectivity index is 1.57. The predicted molar refractivity (Wildman–Crippen MR) is 109 cm³/mol. The summed E-state index contributed by atoms with van der Waals surface area (Å²) in [6, 6.07) is 24.8. The van der Waals surface area contributed by atoms with Gasteiger partial charge in [0, 0.05) is 11.1 Å². The monoisotopic (exact) mass is 367 g/mol. The number of benzene rings is 4. The molecular formula is C25H15F2N. The van der Waals surface area contributed by atoms with E-state index in [0.29, 0.717) is 5.71 Å². The SMILES string of the molecule is N=C1c2cc(-c3ccc(F)cc3)ccc2-c2ccc(-c3ccc(F)cc3)cc21. The van der Waals surface area contributed by atoms with E-state index < -0.39 is 0 Å². The van der Waals surface area contributed by atoms with E-state index in [4.69, 9.17) is 5.41 Å². The summed E-state index contributed by atoms with van der Waals surface area (Å²) in [5, 5.41) is 8.68. The van der Waals surface area contributed by atoms with Crippen molar-refractivity contribution in [3.05, 3.63) is 108 Å². The third-order valence-electron chi connectivity index (χ3n) is 5.22. The Morgan fingerprint density at radius 1 is 0.429 bits per heavy atom. The van der Waals surface area contributed by atoms with E-state index in [1.165, 1.54) is 24.3 Å². The molecule has 5 rings (SSSR count). The Bertz CT molecular complexity index is 1130. The standard InChI is InChI=1S/C25H15F2N/c26-19-7-1-15(2-8-19)17-5-11-21-22-12-6-18(16-3-9-20(27)10-4-16)14-24(22)25(28)23(21)13-17/h1-14,28H. The summed E-state index contributed by atoms with van der Waals surface area (Å²) >= 11 is 0. The van der Waals surface area contributed by atoms with Gasteiger partial charge in [-0.05, 0) is 69.8 Å². The Kier molecular flexibility index (Phi) is 3.69. The zero-order chi connectivity index (χ0) is 19.3. The van der Waals surface area contributed by atoms with Crippen LogP contribution in [0.15, 0.2) is 84.9 Å². The summed E-state index contributed by atoms with van der Waals surface area (Å²) < 4.78 is 26.4. The van der Waals surface area contributed by atoms with E-state index in [2.05, 4.69) is 0 Å². The van der Waals surface area contributed by atoms with Crippen LogP contribution in [0.3, 0.4) is 0 Å². The van der Waals surface area contributed by atoms with Gasteiger partial charge < -0.3 is 0 Å². The molecular weight excluding hydrogens is 352 g/mol. The highest BCUT2D eigenvalue weighted by Crippen LogP contribution is 2.40. The summed E-state index contributed by atoms with van der Waals surface area (Å²) in [4.78, 5) is 0. The van der Waals surface area contributed by atoms with Crippen LogP contribution in [0.25, 0.3) is 33.4 Å². The minimum atomic E-state index is -0.265. The first-order chi connectivity index (χ1) is 13.6. The number of halogens is 2. The van der Waals surface area contributed by atoms with Gasteiger partial charge in [0.25, 0.3) is 0 Å². The minimum Gasteiger partial charge on any atom is -0.300 e. The Morgan fingerprint density at radius 2 is 0.786 bits per heavy atom. The van der Waals surface area contributed by atoms with Gasteiger partial charge in [-0.3, -0.25) is 5.41 Å². The number of rotatable bonds is 2. The third kappa shape index (κ3) is 2.64. The van der Waals surface area contributed by atoms with Gasteiger partial charge in [-0.2, -0.15) is 0 Å². The van der Waals surface area contributed by atoms with Crippen molar-refractivity contribution in [1.29, 1.82) is 5.41 Å². The maximum atomic E-state index is 13.2. The molecule has 0 fully saturated rings. The normalized spacial score (nSPS) is 12.0. The Morgan fingerprint density at radius 3 is 1.18 bits per heavy atom. The van der Waals surface area contributed by atoms with Crippen LogP contribution in [0.5, 0.6) is 0 Å². The molecule has 4 aromatic carbocycles. The number of fused-ring (bicyclic) bond motifs is 3. The molecule has 0 aromatic heterocycles. The maximum Gasteiger partial charge on any atom is 0.123 e. The van der Waals surface area contributed by atoms with Crippen LogP contribution >= 0.6 is 0 Å². The molecule has 1 aliphatic rings. The van der Waals surface area contributed by atoms with Gasteiger partial charge in [-0.25, -0.2) is 8.78 Å². The van der Waals surface area contributed by atoms with Gasteiger partial charge in [0.05, 0.1) is 5.71 Å². The van der Waals surface area contributed by atoms with Crippen LogP contribution in [0.2, 0.25) is 0 Å². The number of hydrogen-bond donors (Lipinski definition) is 1. The van der Waals surface area contributed by atoms with Crippen molar-refractivity contribution in [2.45, 2.75) is 0 Å². The molecule has 0 aliphatic heterocycles. The van der Waals surface area contributed by atoms with E-state index in [9.17, 15) is 8.78 Å². The summed E-state index contributed by atoms with van der Waals surface area (Å²) in [6.07, 6.45) is 0. The quantitative estimate of drug-likeness (QED) is 0.359. The number of hydrogen-bond acceptors (Lipinski definition) is 1. The summed E-state index contributed by atoms with van der Waals surface area (Å²) in [5.74, 6) is -0.531. The molecule has 0 spiro atoms. The average Bonchev–Trinajstić information content (AvgIpc) is 3.00. The molecule has 0 radical (unpaired) electrons. The van der Waals surface area contributed by atoms with E-state index in [1.54, 1.807) is 24.3 Å². The first-order valence-corrected chi connectivity index (χ1v) is 9.00. The molecule has 1 nitrogen and oxygen atoms in total. The second-order valence-electron chi connectivity index (χ2n) is 6.91. The van der Waals surface area contributed by atoms with Gasteiger partial charge in [0.1, 0.15) is 11.6 Å². The molecule has 3 heteroatoms. The van der Waals surface area contributed by atoms with Crippen molar-refractivity contribution < 1.29 is 8.78 Å². The highest BCUT2D eigenvalue weighted by Gasteiger charge is 2.24. The molecule has 1 aliphatic carbocycles. The van der Waals surface area contributed by atoms with Gasteiger partial charge in [0.2, 0.25) is 0 Å². The predicted octanol–water partition coefficient (Wildman–Crippen LogP) is 6.70. The Labute approximate surface area is 161 Å². The molecule has 0 saturated carbocycles. The summed E-state index contributed by atoms with van der Waals surface area (Å²) in [6.45, 7) is 0. The Hall–Kier alpha value is -3.59. The van der Waals surface area contributed by atoms with E-state index in [1.807, 2.05) is 36.4 Å². The van der Waals surface area contributed by atoms with Crippen LogP contribution in [0.1, 0.15) is 11.1 Å². The van der Waals surface area contributed by atoms with Gasteiger partial charge in [0.15, 0.2) is 0 Å². The second kappa shape index (κ2) is 6.24. The molecule has 1 N–H and O–H groups in total. The van der Waals surface area contributed by atoms with Crippen LogP contribution in [-0.2, 0) is 0 Å². The van der Waals surface area contributed by atoms with E-state index in [0.717, 1.165) is 44.5 Å².